The number of carbonyl (C=O) groups is 1. The fourth-order valence-corrected chi connectivity index (χ4v) is 3.56. The monoisotopic (exact) mass is 450 g/mol. The van der Waals surface area contributed by atoms with Gasteiger partial charge in [0.15, 0.2) is 11.6 Å². The van der Waals surface area contributed by atoms with Crippen molar-refractivity contribution in [3.8, 4) is 11.5 Å². The maximum Gasteiger partial charge on any atom is 0.255 e. The van der Waals surface area contributed by atoms with Gasteiger partial charge in [0.05, 0.1) is 11.4 Å². The van der Waals surface area contributed by atoms with Crippen molar-refractivity contribution in [2.45, 2.75) is 13.8 Å². The zero-order valence-corrected chi connectivity index (χ0v) is 18.7. The number of anilines is 3. The minimum Gasteiger partial charge on any atom is -0.339 e. The number of aromatic nitrogens is 6. The van der Waals surface area contributed by atoms with E-state index >= 15 is 0 Å². The Morgan fingerprint density at radius 1 is 0.882 bits per heavy atom. The highest BCUT2D eigenvalue weighted by Crippen LogP contribution is 2.19. The summed E-state index contributed by atoms with van der Waals surface area (Å²) in [6, 6.07) is 22.2. The molecule has 5 aromatic rings. The largest absolute Gasteiger partial charge is 0.339 e. The molecule has 0 spiro atoms. The Morgan fingerprint density at radius 2 is 1.71 bits per heavy atom. The predicted molar refractivity (Wildman–Crippen MR) is 130 cm³/mol. The van der Waals surface area contributed by atoms with Gasteiger partial charge in [0.25, 0.3) is 5.91 Å². The summed E-state index contributed by atoms with van der Waals surface area (Å²) in [5, 5.41) is 23.3. The normalized spacial score (nSPS) is 10.8. The fourth-order valence-electron chi connectivity index (χ4n) is 3.56. The molecule has 0 aliphatic heterocycles. The van der Waals surface area contributed by atoms with Gasteiger partial charge in [-0.15, -0.1) is 10.2 Å². The zero-order valence-electron chi connectivity index (χ0n) is 18.7. The first-order valence-corrected chi connectivity index (χ1v) is 10.7. The van der Waals surface area contributed by atoms with Crippen LogP contribution in [0.2, 0.25) is 0 Å². The molecule has 9 nitrogen and oxygen atoms in total. The molecule has 34 heavy (non-hydrogen) atoms. The van der Waals surface area contributed by atoms with Gasteiger partial charge in [-0.2, -0.15) is 10.2 Å². The van der Waals surface area contributed by atoms with Crippen molar-refractivity contribution in [1.82, 2.24) is 29.8 Å². The summed E-state index contributed by atoms with van der Waals surface area (Å²) >= 11 is 0. The first-order valence-electron chi connectivity index (χ1n) is 10.7. The van der Waals surface area contributed by atoms with Crippen molar-refractivity contribution < 1.29 is 4.79 Å². The maximum absolute atomic E-state index is 12.7. The van der Waals surface area contributed by atoms with E-state index in [1.807, 2.05) is 80.7 Å². The molecule has 0 fully saturated rings. The van der Waals surface area contributed by atoms with E-state index in [9.17, 15) is 4.79 Å². The van der Waals surface area contributed by atoms with Crippen LogP contribution in [0.25, 0.3) is 11.5 Å². The quantitative estimate of drug-likeness (QED) is 0.396. The molecule has 0 bridgehead atoms. The molecule has 3 aromatic heterocycles. The summed E-state index contributed by atoms with van der Waals surface area (Å²) in [5.74, 6) is 1.07. The summed E-state index contributed by atoms with van der Waals surface area (Å²) in [4.78, 5) is 12.7. The van der Waals surface area contributed by atoms with Crippen molar-refractivity contribution in [1.29, 1.82) is 0 Å². The van der Waals surface area contributed by atoms with Crippen LogP contribution in [0.15, 0.2) is 85.2 Å². The van der Waals surface area contributed by atoms with Gasteiger partial charge in [-0.1, -0.05) is 6.07 Å². The summed E-state index contributed by atoms with van der Waals surface area (Å²) in [7, 11) is 0. The van der Waals surface area contributed by atoms with Crippen molar-refractivity contribution in [2.75, 3.05) is 10.6 Å². The number of nitrogens with one attached hydrogen (secondary N) is 2. The van der Waals surface area contributed by atoms with E-state index in [2.05, 4.69) is 31.0 Å². The lowest BCUT2D eigenvalue weighted by atomic mass is 10.2. The number of benzene rings is 2. The third-order valence-corrected chi connectivity index (χ3v) is 5.17. The molecule has 0 saturated heterocycles. The highest BCUT2D eigenvalue weighted by molar-refractivity contribution is 6.04. The molecule has 0 atom stereocenters. The lowest BCUT2D eigenvalue weighted by molar-refractivity contribution is 0.102. The molecular formula is C25H22N8O. The second-order valence-corrected chi connectivity index (χ2v) is 7.77. The van der Waals surface area contributed by atoms with Crippen molar-refractivity contribution >= 4 is 23.1 Å². The second-order valence-electron chi connectivity index (χ2n) is 7.77. The van der Waals surface area contributed by atoms with E-state index in [1.165, 1.54) is 0 Å². The molecule has 5 rings (SSSR count). The molecule has 9 heteroatoms. The Kier molecular flexibility index (Phi) is 5.57. The van der Waals surface area contributed by atoms with E-state index in [0.717, 1.165) is 22.8 Å². The fraction of sp³-hybridized carbons (Fsp3) is 0.0800. The van der Waals surface area contributed by atoms with Crippen molar-refractivity contribution in [2.24, 2.45) is 0 Å². The highest BCUT2D eigenvalue weighted by Gasteiger charge is 2.09. The van der Waals surface area contributed by atoms with Crippen molar-refractivity contribution in [3.63, 3.8) is 0 Å². The lowest BCUT2D eigenvalue weighted by Crippen LogP contribution is -2.12. The SMILES string of the molecule is Cc1cc(C)n(-c2ccc(Nc3ccc(NC(=O)c4cccc(-n5cccn5)c4)cc3)nn2)n1. The van der Waals surface area contributed by atoms with Gasteiger partial charge in [0.1, 0.15) is 0 Å². The first kappa shape index (κ1) is 21.1. The Morgan fingerprint density at radius 3 is 2.38 bits per heavy atom. The minimum atomic E-state index is -0.194. The Labute approximate surface area is 196 Å². The second kappa shape index (κ2) is 8.99. The molecule has 2 aromatic carbocycles. The third kappa shape index (κ3) is 4.53. The van der Waals surface area contributed by atoms with E-state index < -0.39 is 0 Å². The van der Waals surface area contributed by atoms with Crippen LogP contribution < -0.4 is 10.6 Å². The van der Waals surface area contributed by atoms with Crippen LogP contribution in [0.3, 0.4) is 0 Å². The number of hydrogen-bond acceptors (Lipinski definition) is 6. The number of rotatable bonds is 6. The third-order valence-electron chi connectivity index (χ3n) is 5.17. The first-order chi connectivity index (χ1) is 16.5. The predicted octanol–water partition coefficient (Wildman–Crippen LogP) is 4.46. The van der Waals surface area contributed by atoms with Crippen molar-refractivity contribution in [3.05, 3.63) is 102 Å². The smallest absolute Gasteiger partial charge is 0.255 e. The molecule has 0 aliphatic carbocycles. The summed E-state index contributed by atoms with van der Waals surface area (Å²) < 4.78 is 3.47. The van der Waals surface area contributed by atoms with Gasteiger partial charge in [-0.25, -0.2) is 9.36 Å². The van der Waals surface area contributed by atoms with Gasteiger partial charge >= 0.3 is 0 Å². The highest BCUT2D eigenvalue weighted by atomic mass is 16.1. The average Bonchev–Trinajstić information content (AvgIpc) is 3.51. The van der Waals surface area contributed by atoms with Crippen LogP contribution in [-0.2, 0) is 0 Å². The van der Waals surface area contributed by atoms with Crippen LogP contribution in [0, 0.1) is 13.8 Å². The Hall–Kier alpha value is -4.79. The van der Waals surface area contributed by atoms with E-state index in [0.29, 0.717) is 22.9 Å². The van der Waals surface area contributed by atoms with E-state index in [-0.39, 0.29) is 5.91 Å². The molecule has 0 aliphatic rings. The van der Waals surface area contributed by atoms with Crippen LogP contribution >= 0.6 is 0 Å². The summed E-state index contributed by atoms with van der Waals surface area (Å²) in [5.41, 5.74) is 4.81. The summed E-state index contributed by atoms with van der Waals surface area (Å²) in [6.07, 6.45) is 3.53. The molecule has 0 unspecified atom stereocenters. The van der Waals surface area contributed by atoms with E-state index in [1.54, 1.807) is 27.7 Å². The number of hydrogen-bond donors (Lipinski definition) is 2. The number of nitrogens with zero attached hydrogens (tertiary/aromatic N) is 6. The molecule has 3 heterocycles. The average molecular weight is 451 g/mol. The molecular weight excluding hydrogens is 428 g/mol. The molecule has 0 radical (unpaired) electrons. The maximum atomic E-state index is 12.7. The van der Waals surface area contributed by atoms with Gasteiger partial charge in [0, 0.05) is 35.0 Å². The molecule has 1 amide bonds. The number of aryl methyl sites for hydroxylation is 2. The van der Waals surface area contributed by atoms with Crippen LogP contribution in [-0.4, -0.2) is 35.7 Å². The zero-order chi connectivity index (χ0) is 23.5. The molecule has 2 N–H and O–H groups in total. The van der Waals surface area contributed by atoms with Gasteiger partial charge in [0.2, 0.25) is 0 Å². The van der Waals surface area contributed by atoms with Gasteiger partial charge in [-0.3, -0.25) is 4.79 Å². The summed E-state index contributed by atoms with van der Waals surface area (Å²) in [6.45, 7) is 3.92. The van der Waals surface area contributed by atoms with Crippen LogP contribution in [0.4, 0.5) is 17.2 Å². The number of carbonyl (C=O) groups excluding carboxylic acids is 1. The standard InChI is InChI=1S/C25H22N8O/c1-17-15-18(2)33(31-17)24-12-11-23(29-30-24)27-20-7-9-21(10-8-20)28-25(34)19-5-3-6-22(16-19)32-14-4-13-26-32/h3-16H,1-2H3,(H,27,29)(H,28,34). The van der Waals surface area contributed by atoms with Gasteiger partial charge < -0.3 is 10.6 Å². The minimum absolute atomic E-state index is 0.194. The Bertz CT molecular complexity index is 1420. The molecule has 168 valence electrons. The van der Waals surface area contributed by atoms with E-state index in [4.69, 9.17) is 0 Å². The Balaban J connectivity index is 1.23. The molecule has 0 saturated carbocycles. The number of amides is 1. The lowest BCUT2D eigenvalue weighted by Gasteiger charge is -2.09. The van der Waals surface area contributed by atoms with Crippen LogP contribution in [0.5, 0.6) is 0 Å². The van der Waals surface area contributed by atoms with Crippen LogP contribution in [0.1, 0.15) is 21.7 Å². The topological polar surface area (TPSA) is 103 Å². The van der Waals surface area contributed by atoms with Gasteiger partial charge in [-0.05, 0) is 80.6 Å².